The predicted octanol–water partition coefficient (Wildman–Crippen LogP) is 6.46. The molecular weight excluding hydrogens is 434 g/mol. The molecule has 5 aromatic rings. The van der Waals surface area contributed by atoms with Gasteiger partial charge in [0, 0.05) is 24.7 Å². The zero-order chi connectivity index (χ0) is 24.0. The number of benzene rings is 3. The molecule has 0 fully saturated rings. The summed E-state index contributed by atoms with van der Waals surface area (Å²) in [5, 5.41) is 3.57. The lowest BCUT2D eigenvalue weighted by atomic mass is 10.1. The number of anilines is 1. The average molecular weight is 462 g/mol. The third kappa shape index (κ3) is 5.09. The maximum Gasteiger partial charge on any atom is 0.311 e. The molecule has 5 heteroatoms. The molecule has 0 aliphatic carbocycles. The van der Waals surface area contributed by atoms with Crippen molar-refractivity contribution in [1.29, 1.82) is 0 Å². The molecule has 0 radical (unpaired) electrons. The highest BCUT2D eigenvalue weighted by molar-refractivity contribution is 5.83. The third-order valence-electron chi connectivity index (χ3n) is 5.97. The maximum atomic E-state index is 12.7. The van der Waals surface area contributed by atoms with Gasteiger partial charge in [-0.05, 0) is 48.2 Å². The number of nitrogens with zero attached hydrogens (tertiary/aromatic N) is 2. The minimum Gasteiger partial charge on any atom is -0.426 e. The number of carbonyl (C=O) groups is 1. The normalized spacial score (nSPS) is 10.9. The minimum atomic E-state index is -0.264. The van der Waals surface area contributed by atoms with Gasteiger partial charge in [-0.1, -0.05) is 78.9 Å². The summed E-state index contributed by atoms with van der Waals surface area (Å²) in [5.41, 5.74) is 5.74. The molecule has 3 aromatic carbocycles. The number of hydrogen-bond donors (Lipinski definition) is 1. The Balaban J connectivity index is 1.46. The van der Waals surface area contributed by atoms with Crippen LogP contribution in [0, 0.1) is 6.92 Å². The Hall–Kier alpha value is -4.38. The van der Waals surface area contributed by atoms with Crippen LogP contribution in [0.1, 0.15) is 23.1 Å². The first-order valence-corrected chi connectivity index (χ1v) is 11.8. The lowest BCUT2D eigenvalue weighted by molar-refractivity contribution is -0.134. The summed E-state index contributed by atoms with van der Waals surface area (Å²) in [6.07, 6.45) is 2.95. The standard InChI is InChI=1S/C30H27N3O2/c1-22-11-10-20-33-29(22)32-28(30(33)31-21-24-14-6-3-7-15-24)25-16-8-9-17-26(25)35-27(34)19-18-23-12-4-2-5-13-23/h2-17,20,31H,18-19,21H2,1H3. The Bertz CT molecular complexity index is 1440. The second kappa shape index (κ2) is 10.3. The van der Waals surface area contributed by atoms with E-state index < -0.39 is 0 Å². The molecule has 0 aliphatic rings. The van der Waals surface area contributed by atoms with Gasteiger partial charge in [0.2, 0.25) is 0 Å². The van der Waals surface area contributed by atoms with E-state index in [4.69, 9.17) is 9.72 Å². The van der Waals surface area contributed by atoms with E-state index in [-0.39, 0.29) is 5.97 Å². The van der Waals surface area contributed by atoms with Crippen molar-refractivity contribution in [2.24, 2.45) is 0 Å². The number of pyridine rings is 1. The highest BCUT2D eigenvalue weighted by atomic mass is 16.5. The quantitative estimate of drug-likeness (QED) is 0.213. The second-order valence-corrected chi connectivity index (χ2v) is 8.49. The molecule has 0 saturated heterocycles. The SMILES string of the molecule is Cc1cccn2c(NCc3ccccc3)c(-c3ccccc3OC(=O)CCc3ccccc3)nc12. The van der Waals surface area contributed by atoms with Gasteiger partial charge >= 0.3 is 5.97 Å². The monoisotopic (exact) mass is 461 g/mol. The van der Waals surface area contributed by atoms with Crippen LogP contribution < -0.4 is 10.1 Å². The predicted molar refractivity (Wildman–Crippen MR) is 140 cm³/mol. The fourth-order valence-corrected chi connectivity index (χ4v) is 4.16. The van der Waals surface area contributed by atoms with Crippen molar-refractivity contribution in [3.8, 4) is 17.0 Å². The number of hydrogen-bond acceptors (Lipinski definition) is 4. The Morgan fingerprint density at radius 2 is 1.54 bits per heavy atom. The van der Waals surface area contributed by atoms with E-state index in [9.17, 15) is 4.79 Å². The number of fused-ring (bicyclic) bond motifs is 1. The molecule has 2 aromatic heterocycles. The molecular formula is C30H27N3O2. The van der Waals surface area contributed by atoms with Crippen molar-refractivity contribution in [2.75, 3.05) is 5.32 Å². The van der Waals surface area contributed by atoms with Gasteiger partial charge in [-0.25, -0.2) is 4.98 Å². The van der Waals surface area contributed by atoms with Gasteiger partial charge in [0.05, 0.1) is 0 Å². The van der Waals surface area contributed by atoms with Gasteiger partial charge in [-0.15, -0.1) is 0 Å². The molecule has 0 unspecified atom stereocenters. The Morgan fingerprint density at radius 3 is 2.31 bits per heavy atom. The number of aromatic nitrogens is 2. The fraction of sp³-hybridized carbons (Fsp3) is 0.133. The number of ether oxygens (including phenoxy) is 1. The van der Waals surface area contributed by atoms with Crippen LogP contribution in [0.15, 0.2) is 103 Å². The highest BCUT2D eigenvalue weighted by Gasteiger charge is 2.19. The van der Waals surface area contributed by atoms with Crippen molar-refractivity contribution < 1.29 is 9.53 Å². The van der Waals surface area contributed by atoms with E-state index in [0.29, 0.717) is 25.1 Å². The first kappa shape index (κ1) is 22.4. The lowest BCUT2D eigenvalue weighted by Gasteiger charge is -2.12. The number of para-hydroxylation sites is 1. The number of esters is 1. The molecule has 5 rings (SSSR count). The molecule has 5 nitrogen and oxygen atoms in total. The lowest BCUT2D eigenvalue weighted by Crippen LogP contribution is -2.10. The summed E-state index contributed by atoms with van der Waals surface area (Å²) in [6.45, 7) is 2.69. The average Bonchev–Trinajstić information content (AvgIpc) is 3.27. The number of aryl methyl sites for hydroxylation is 2. The van der Waals surface area contributed by atoms with Crippen molar-refractivity contribution in [3.05, 3.63) is 120 Å². The number of imidazole rings is 1. The van der Waals surface area contributed by atoms with Crippen LogP contribution in [0.2, 0.25) is 0 Å². The summed E-state index contributed by atoms with van der Waals surface area (Å²) >= 11 is 0. The van der Waals surface area contributed by atoms with Gasteiger partial charge < -0.3 is 10.1 Å². The third-order valence-corrected chi connectivity index (χ3v) is 5.97. The van der Waals surface area contributed by atoms with Gasteiger partial charge in [0.25, 0.3) is 0 Å². The molecule has 0 spiro atoms. The first-order chi connectivity index (χ1) is 17.2. The Labute approximate surface area is 205 Å². The van der Waals surface area contributed by atoms with E-state index in [1.807, 2.05) is 98.0 Å². The largest absolute Gasteiger partial charge is 0.426 e. The molecule has 2 heterocycles. The Morgan fingerprint density at radius 1 is 0.857 bits per heavy atom. The summed E-state index contributed by atoms with van der Waals surface area (Å²) in [5.74, 6) is 1.11. The minimum absolute atomic E-state index is 0.264. The molecule has 0 atom stereocenters. The van der Waals surface area contributed by atoms with Crippen LogP contribution in [0.25, 0.3) is 16.9 Å². The molecule has 0 saturated carbocycles. The van der Waals surface area contributed by atoms with E-state index in [0.717, 1.165) is 33.8 Å². The van der Waals surface area contributed by atoms with Crippen LogP contribution in [0.5, 0.6) is 5.75 Å². The zero-order valence-electron chi connectivity index (χ0n) is 19.6. The van der Waals surface area contributed by atoms with Gasteiger partial charge in [-0.3, -0.25) is 9.20 Å². The number of nitrogens with one attached hydrogen (secondary N) is 1. The van der Waals surface area contributed by atoms with E-state index in [2.05, 4.69) is 21.9 Å². The second-order valence-electron chi connectivity index (χ2n) is 8.49. The van der Waals surface area contributed by atoms with Crippen molar-refractivity contribution in [1.82, 2.24) is 9.38 Å². The fourth-order valence-electron chi connectivity index (χ4n) is 4.16. The molecule has 1 N–H and O–H groups in total. The first-order valence-electron chi connectivity index (χ1n) is 11.8. The maximum absolute atomic E-state index is 12.7. The zero-order valence-corrected chi connectivity index (χ0v) is 19.6. The van der Waals surface area contributed by atoms with Gasteiger partial charge in [0.1, 0.15) is 22.9 Å². The Kier molecular flexibility index (Phi) is 6.57. The van der Waals surface area contributed by atoms with Crippen LogP contribution in [0.3, 0.4) is 0 Å². The summed E-state index contributed by atoms with van der Waals surface area (Å²) in [7, 11) is 0. The molecule has 35 heavy (non-hydrogen) atoms. The molecule has 174 valence electrons. The summed E-state index contributed by atoms with van der Waals surface area (Å²) in [6, 6.07) is 31.8. The van der Waals surface area contributed by atoms with E-state index >= 15 is 0 Å². The molecule has 0 aliphatic heterocycles. The highest BCUT2D eigenvalue weighted by Crippen LogP contribution is 2.36. The van der Waals surface area contributed by atoms with Crippen LogP contribution in [0.4, 0.5) is 5.82 Å². The molecule has 0 amide bonds. The van der Waals surface area contributed by atoms with Crippen molar-refractivity contribution in [2.45, 2.75) is 26.3 Å². The van der Waals surface area contributed by atoms with Crippen LogP contribution in [-0.4, -0.2) is 15.4 Å². The van der Waals surface area contributed by atoms with Gasteiger partial charge in [-0.2, -0.15) is 0 Å². The molecule has 0 bridgehead atoms. The van der Waals surface area contributed by atoms with Crippen molar-refractivity contribution >= 4 is 17.4 Å². The number of carbonyl (C=O) groups excluding carboxylic acids is 1. The summed E-state index contributed by atoms with van der Waals surface area (Å²) < 4.78 is 7.91. The summed E-state index contributed by atoms with van der Waals surface area (Å²) in [4.78, 5) is 17.7. The van der Waals surface area contributed by atoms with E-state index in [1.54, 1.807) is 0 Å². The smallest absolute Gasteiger partial charge is 0.311 e. The number of rotatable bonds is 8. The van der Waals surface area contributed by atoms with E-state index in [1.165, 1.54) is 5.56 Å². The van der Waals surface area contributed by atoms with Gasteiger partial charge in [0.15, 0.2) is 0 Å². The van der Waals surface area contributed by atoms with Crippen molar-refractivity contribution in [3.63, 3.8) is 0 Å². The van der Waals surface area contributed by atoms with Crippen LogP contribution in [-0.2, 0) is 17.8 Å². The topological polar surface area (TPSA) is 55.6 Å². The van der Waals surface area contributed by atoms with Crippen LogP contribution >= 0.6 is 0 Å².